The van der Waals surface area contributed by atoms with Crippen molar-refractivity contribution in [3.05, 3.63) is 0 Å². The van der Waals surface area contributed by atoms with Gasteiger partial charge in [-0.2, -0.15) is 0 Å². The van der Waals surface area contributed by atoms with E-state index in [2.05, 4.69) is 19.2 Å². The topological polar surface area (TPSA) is 21.3 Å². The van der Waals surface area contributed by atoms with Crippen LogP contribution in [0.25, 0.3) is 0 Å². The van der Waals surface area contributed by atoms with Crippen molar-refractivity contribution in [2.45, 2.75) is 58.2 Å². The first-order valence-corrected chi connectivity index (χ1v) is 6.65. The fourth-order valence-corrected chi connectivity index (χ4v) is 3.07. The van der Waals surface area contributed by atoms with Gasteiger partial charge in [-0.3, -0.25) is 0 Å². The van der Waals surface area contributed by atoms with Crippen LogP contribution in [0.2, 0.25) is 0 Å². The molecule has 4 atom stereocenters. The molecule has 0 amide bonds. The summed E-state index contributed by atoms with van der Waals surface area (Å²) in [7, 11) is 0. The fourth-order valence-electron chi connectivity index (χ4n) is 3.07. The van der Waals surface area contributed by atoms with Gasteiger partial charge in [0.15, 0.2) is 0 Å². The van der Waals surface area contributed by atoms with Gasteiger partial charge in [-0.25, -0.2) is 0 Å². The van der Waals surface area contributed by atoms with E-state index in [1.807, 2.05) is 0 Å². The molecular formula is C13H25NO. The van der Waals surface area contributed by atoms with Gasteiger partial charge >= 0.3 is 0 Å². The molecule has 15 heavy (non-hydrogen) atoms. The van der Waals surface area contributed by atoms with Crippen LogP contribution in [0, 0.1) is 11.8 Å². The van der Waals surface area contributed by atoms with E-state index in [9.17, 15) is 0 Å². The van der Waals surface area contributed by atoms with Crippen molar-refractivity contribution in [1.82, 2.24) is 5.32 Å². The number of ether oxygens (including phenoxy) is 1. The molecule has 0 aromatic heterocycles. The summed E-state index contributed by atoms with van der Waals surface area (Å²) in [5.74, 6) is 1.73. The predicted octanol–water partition coefficient (Wildman–Crippen LogP) is 2.58. The minimum atomic E-state index is 0.459. The van der Waals surface area contributed by atoms with Crippen LogP contribution in [-0.2, 0) is 4.74 Å². The molecule has 1 aliphatic carbocycles. The van der Waals surface area contributed by atoms with E-state index in [4.69, 9.17) is 4.74 Å². The zero-order valence-corrected chi connectivity index (χ0v) is 10.2. The molecule has 4 unspecified atom stereocenters. The van der Waals surface area contributed by atoms with E-state index in [0.717, 1.165) is 31.3 Å². The first-order chi connectivity index (χ1) is 7.29. The zero-order chi connectivity index (χ0) is 10.7. The average molecular weight is 211 g/mol. The van der Waals surface area contributed by atoms with E-state index in [0.29, 0.717) is 12.2 Å². The zero-order valence-electron chi connectivity index (χ0n) is 10.2. The van der Waals surface area contributed by atoms with Gasteiger partial charge in [-0.05, 0) is 31.1 Å². The first-order valence-electron chi connectivity index (χ1n) is 6.65. The average Bonchev–Trinajstić information content (AvgIpc) is 2.29. The normalized spacial score (nSPS) is 42.8. The first kappa shape index (κ1) is 11.4. The Morgan fingerprint density at radius 3 is 2.87 bits per heavy atom. The number of hydrogen-bond donors (Lipinski definition) is 1. The van der Waals surface area contributed by atoms with Crippen molar-refractivity contribution in [3.8, 4) is 0 Å². The minimum absolute atomic E-state index is 0.459. The van der Waals surface area contributed by atoms with Crippen molar-refractivity contribution in [2.24, 2.45) is 11.8 Å². The van der Waals surface area contributed by atoms with Gasteiger partial charge in [-0.1, -0.05) is 26.7 Å². The van der Waals surface area contributed by atoms with Crippen LogP contribution in [0.5, 0.6) is 0 Å². The Labute approximate surface area is 93.8 Å². The number of morpholine rings is 1. The maximum atomic E-state index is 6.16. The summed E-state index contributed by atoms with van der Waals surface area (Å²) in [5, 5.41) is 3.52. The molecule has 1 saturated carbocycles. The van der Waals surface area contributed by atoms with Crippen molar-refractivity contribution in [2.75, 3.05) is 13.1 Å². The highest BCUT2D eigenvalue weighted by molar-refractivity contribution is 4.83. The van der Waals surface area contributed by atoms with Crippen molar-refractivity contribution >= 4 is 0 Å². The smallest absolute Gasteiger partial charge is 0.0732 e. The quantitative estimate of drug-likeness (QED) is 0.758. The van der Waals surface area contributed by atoms with Gasteiger partial charge < -0.3 is 10.1 Å². The van der Waals surface area contributed by atoms with Gasteiger partial charge in [-0.15, -0.1) is 0 Å². The SMILES string of the molecule is CCC1CNCC(C2CCCC(C)C2)O1. The molecule has 2 heteroatoms. The number of hydrogen-bond acceptors (Lipinski definition) is 2. The van der Waals surface area contributed by atoms with Gasteiger partial charge in [0, 0.05) is 13.1 Å². The second kappa shape index (κ2) is 5.31. The van der Waals surface area contributed by atoms with Gasteiger partial charge in [0.2, 0.25) is 0 Å². The summed E-state index contributed by atoms with van der Waals surface area (Å²) in [6, 6.07) is 0. The molecule has 2 aliphatic rings. The number of nitrogens with one attached hydrogen (secondary N) is 1. The summed E-state index contributed by atoms with van der Waals surface area (Å²) < 4.78 is 6.16. The summed E-state index contributed by atoms with van der Waals surface area (Å²) in [6.07, 6.45) is 7.69. The van der Waals surface area contributed by atoms with E-state index >= 15 is 0 Å². The van der Waals surface area contributed by atoms with E-state index < -0.39 is 0 Å². The maximum Gasteiger partial charge on any atom is 0.0732 e. The lowest BCUT2D eigenvalue weighted by Crippen LogP contribution is -2.48. The lowest BCUT2D eigenvalue weighted by Gasteiger charge is -2.38. The van der Waals surface area contributed by atoms with E-state index in [1.165, 1.54) is 25.7 Å². The summed E-state index contributed by atoms with van der Waals surface area (Å²) in [5.41, 5.74) is 0. The summed E-state index contributed by atoms with van der Waals surface area (Å²) in [4.78, 5) is 0. The van der Waals surface area contributed by atoms with Gasteiger partial charge in [0.1, 0.15) is 0 Å². The molecule has 2 rings (SSSR count). The second-order valence-corrected chi connectivity index (χ2v) is 5.39. The Kier molecular flexibility index (Phi) is 4.04. The Morgan fingerprint density at radius 2 is 2.13 bits per heavy atom. The molecule has 2 nitrogen and oxygen atoms in total. The Balaban J connectivity index is 1.86. The molecule has 1 aliphatic heterocycles. The fraction of sp³-hybridized carbons (Fsp3) is 1.00. The molecule has 0 aromatic carbocycles. The Morgan fingerprint density at radius 1 is 1.27 bits per heavy atom. The van der Waals surface area contributed by atoms with Crippen molar-refractivity contribution in [3.63, 3.8) is 0 Å². The minimum Gasteiger partial charge on any atom is -0.372 e. The van der Waals surface area contributed by atoms with Crippen LogP contribution in [0.15, 0.2) is 0 Å². The number of rotatable bonds is 2. The van der Waals surface area contributed by atoms with Crippen LogP contribution in [0.1, 0.15) is 46.0 Å². The largest absolute Gasteiger partial charge is 0.372 e. The van der Waals surface area contributed by atoms with Gasteiger partial charge in [0.05, 0.1) is 12.2 Å². The van der Waals surface area contributed by atoms with Crippen molar-refractivity contribution < 1.29 is 4.74 Å². The Hall–Kier alpha value is -0.0800. The van der Waals surface area contributed by atoms with Crippen LogP contribution in [0.3, 0.4) is 0 Å². The van der Waals surface area contributed by atoms with E-state index in [-0.39, 0.29) is 0 Å². The molecule has 2 fully saturated rings. The van der Waals surface area contributed by atoms with Gasteiger partial charge in [0.25, 0.3) is 0 Å². The molecule has 0 spiro atoms. The third kappa shape index (κ3) is 2.94. The monoisotopic (exact) mass is 211 g/mol. The lowest BCUT2D eigenvalue weighted by molar-refractivity contribution is -0.0764. The van der Waals surface area contributed by atoms with E-state index in [1.54, 1.807) is 0 Å². The Bertz CT molecular complexity index is 195. The van der Waals surface area contributed by atoms with Crippen LogP contribution in [0.4, 0.5) is 0 Å². The third-order valence-corrected chi connectivity index (χ3v) is 4.04. The second-order valence-electron chi connectivity index (χ2n) is 5.39. The molecule has 0 bridgehead atoms. The summed E-state index contributed by atoms with van der Waals surface area (Å²) in [6.45, 7) is 6.74. The lowest BCUT2D eigenvalue weighted by atomic mass is 9.79. The highest BCUT2D eigenvalue weighted by Gasteiger charge is 2.30. The highest BCUT2D eigenvalue weighted by Crippen LogP contribution is 2.33. The molecule has 1 heterocycles. The van der Waals surface area contributed by atoms with Crippen LogP contribution < -0.4 is 5.32 Å². The third-order valence-electron chi connectivity index (χ3n) is 4.04. The molecule has 0 aromatic rings. The van der Waals surface area contributed by atoms with Crippen LogP contribution >= 0.6 is 0 Å². The predicted molar refractivity (Wildman–Crippen MR) is 62.9 cm³/mol. The molecular weight excluding hydrogens is 186 g/mol. The maximum absolute atomic E-state index is 6.16. The van der Waals surface area contributed by atoms with Crippen molar-refractivity contribution in [1.29, 1.82) is 0 Å². The van der Waals surface area contributed by atoms with Crippen LogP contribution in [-0.4, -0.2) is 25.3 Å². The standard InChI is InChI=1S/C13H25NO/c1-3-12-8-14-9-13(15-12)11-6-4-5-10(2)7-11/h10-14H,3-9H2,1-2H3. The molecule has 1 saturated heterocycles. The highest BCUT2D eigenvalue weighted by atomic mass is 16.5. The molecule has 0 radical (unpaired) electrons. The summed E-state index contributed by atoms with van der Waals surface area (Å²) >= 11 is 0. The molecule has 88 valence electrons. The molecule has 1 N–H and O–H groups in total.